The molecule has 1 N–H and O–H groups in total. The Hall–Kier alpha value is -0.900. The van der Waals surface area contributed by atoms with Gasteiger partial charge in [-0.05, 0) is 18.9 Å². The number of aliphatic hydroxyl groups excluding tert-OH is 1. The molecule has 0 amide bonds. The van der Waals surface area contributed by atoms with E-state index in [-0.39, 0.29) is 0 Å². The molecule has 3 nitrogen and oxygen atoms in total. The molecule has 2 rings (SSSR count). The van der Waals surface area contributed by atoms with Crippen molar-refractivity contribution in [3.63, 3.8) is 0 Å². The Morgan fingerprint density at radius 1 is 1.41 bits per heavy atom. The molecular formula is C14H21NO2. The van der Waals surface area contributed by atoms with Crippen molar-refractivity contribution in [2.24, 2.45) is 0 Å². The van der Waals surface area contributed by atoms with Gasteiger partial charge in [-0.25, -0.2) is 0 Å². The van der Waals surface area contributed by atoms with E-state index in [0.717, 1.165) is 24.9 Å². The largest absolute Gasteiger partial charge is 0.367 e. The average molecular weight is 235 g/mol. The zero-order valence-corrected chi connectivity index (χ0v) is 10.6. The first-order valence-electron chi connectivity index (χ1n) is 6.33. The van der Waals surface area contributed by atoms with E-state index < -0.39 is 12.0 Å². The highest BCUT2D eigenvalue weighted by atomic mass is 16.6. The van der Waals surface area contributed by atoms with E-state index in [4.69, 9.17) is 4.74 Å². The summed E-state index contributed by atoms with van der Waals surface area (Å²) in [5.41, 5.74) is 0.614. The van der Waals surface area contributed by atoms with Crippen LogP contribution in [0.3, 0.4) is 0 Å². The summed E-state index contributed by atoms with van der Waals surface area (Å²) in [5, 5.41) is 9.73. The van der Waals surface area contributed by atoms with Crippen molar-refractivity contribution in [1.82, 2.24) is 4.90 Å². The van der Waals surface area contributed by atoms with Crippen molar-refractivity contribution in [2.75, 3.05) is 13.1 Å². The van der Waals surface area contributed by atoms with Crippen molar-refractivity contribution in [2.45, 2.75) is 38.7 Å². The summed E-state index contributed by atoms with van der Waals surface area (Å²) in [5.74, 6) is 0. The van der Waals surface area contributed by atoms with Crippen LogP contribution in [0.2, 0.25) is 0 Å². The van der Waals surface area contributed by atoms with Gasteiger partial charge in [0.2, 0.25) is 0 Å². The minimum absolute atomic E-state index is 0.490. The van der Waals surface area contributed by atoms with Crippen molar-refractivity contribution in [3.05, 3.63) is 35.9 Å². The molecule has 1 heterocycles. The van der Waals surface area contributed by atoms with Crippen LogP contribution in [0.1, 0.15) is 32.3 Å². The molecule has 2 atom stereocenters. The molecule has 2 unspecified atom stereocenters. The highest BCUT2D eigenvalue weighted by molar-refractivity contribution is 5.22. The van der Waals surface area contributed by atoms with Gasteiger partial charge in [-0.3, -0.25) is 4.90 Å². The van der Waals surface area contributed by atoms with Crippen LogP contribution in [0.4, 0.5) is 0 Å². The minimum Gasteiger partial charge on any atom is -0.367 e. The summed E-state index contributed by atoms with van der Waals surface area (Å²) in [6, 6.07) is 10.1. The lowest BCUT2D eigenvalue weighted by molar-refractivity contribution is -0.157. The zero-order valence-electron chi connectivity index (χ0n) is 10.6. The maximum Gasteiger partial charge on any atom is 0.170 e. The molecule has 0 aliphatic carbocycles. The van der Waals surface area contributed by atoms with E-state index in [0.29, 0.717) is 6.54 Å². The second-order valence-corrected chi connectivity index (χ2v) is 4.72. The van der Waals surface area contributed by atoms with Crippen LogP contribution in [0.15, 0.2) is 30.3 Å². The van der Waals surface area contributed by atoms with Gasteiger partial charge in [0.15, 0.2) is 6.29 Å². The van der Waals surface area contributed by atoms with E-state index in [2.05, 4.69) is 24.0 Å². The summed E-state index contributed by atoms with van der Waals surface area (Å²) >= 11 is 0. The number of unbranched alkanes of at least 4 members (excludes halogenated alkanes) is 1. The third kappa shape index (κ3) is 2.51. The molecule has 0 bridgehead atoms. The van der Waals surface area contributed by atoms with Gasteiger partial charge in [-0.15, -0.1) is 0 Å². The summed E-state index contributed by atoms with van der Waals surface area (Å²) in [6.07, 6.45) is 1.59. The zero-order chi connectivity index (χ0) is 12.3. The lowest BCUT2D eigenvalue weighted by Crippen LogP contribution is -2.40. The highest BCUT2D eigenvalue weighted by Gasteiger charge is 2.43. The maximum atomic E-state index is 9.73. The number of benzene rings is 1. The van der Waals surface area contributed by atoms with E-state index in [9.17, 15) is 5.11 Å². The minimum atomic E-state index is -0.683. The van der Waals surface area contributed by atoms with Crippen molar-refractivity contribution < 1.29 is 9.84 Å². The second kappa shape index (κ2) is 5.17. The Morgan fingerprint density at radius 2 is 2.12 bits per heavy atom. The molecule has 1 aromatic carbocycles. The van der Waals surface area contributed by atoms with Gasteiger partial charge < -0.3 is 9.84 Å². The van der Waals surface area contributed by atoms with Crippen LogP contribution >= 0.6 is 0 Å². The van der Waals surface area contributed by atoms with Crippen LogP contribution in [0, 0.1) is 0 Å². The van der Waals surface area contributed by atoms with Gasteiger partial charge >= 0.3 is 0 Å². The van der Waals surface area contributed by atoms with Crippen LogP contribution in [0.25, 0.3) is 0 Å². The topological polar surface area (TPSA) is 32.7 Å². The number of rotatable bonds is 4. The molecule has 17 heavy (non-hydrogen) atoms. The fourth-order valence-corrected chi connectivity index (χ4v) is 2.39. The normalized spacial score (nSPS) is 29.7. The molecule has 1 fully saturated rings. The third-order valence-electron chi connectivity index (χ3n) is 3.44. The quantitative estimate of drug-likeness (QED) is 0.869. The van der Waals surface area contributed by atoms with Crippen molar-refractivity contribution in [1.29, 1.82) is 0 Å². The Labute approximate surface area is 103 Å². The summed E-state index contributed by atoms with van der Waals surface area (Å²) in [4.78, 5) is 2.22. The fourth-order valence-electron chi connectivity index (χ4n) is 2.39. The number of hydrogen-bond acceptors (Lipinski definition) is 3. The number of β-amino-alcohol motifs (C(OH)–C–C–N with tert-alkyl or cyclic N) is 1. The van der Waals surface area contributed by atoms with Gasteiger partial charge in [0, 0.05) is 6.54 Å². The van der Waals surface area contributed by atoms with Crippen molar-refractivity contribution >= 4 is 0 Å². The standard InChI is InChI=1S/C14H21NO2/c1-3-4-10-15-11-13(16)17-14(15,2)12-8-6-5-7-9-12/h5-9,13,16H,3-4,10-11H2,1-2H3. The van der Waals surface area contributed by atoms with Gasteiger partial charge in [-0.1, -0.05) is 43.7 Å². The molecule has 0 saturated carbocycles. The van der Waals surface area contributed by atoms with Gasteiger partial charge in [0.05, 0.1) is 6.54 Å². The van der Waals surface area contributed by atoms with Gasteiger partial charge in [0.25, 0.3) is 0 Å². The van der Waals surface area contributed by atoms with Crippen LogP contribution < -0.4 is 0 Å². The van der Waals surface area contributed by atoms with E-state index in [1.165, 1.54) is 0 Å². The lowest BCUT2D eigenvalue weighted by atomic mass is 10.0. The molecule has 1 aromatic rings. The van der Waals surface area contributed by atoms with Crippen LogP contribution in [-0.4, -0.2) is 29.4 Å². The van der Waals surface area contributed by atoms with E-state index in [1.54, 1.807) is 0 Å². The van der Waals surface area contributed by atoms with Gasteiger partial charge in [0.1, 0.15) is 5.72 Å². The predicted molar refractivity (Wildman–Crippen MR) is 67.4 cm³/mol. The first-order chi connectivity index (χ1) is 8.16. The smallest absolute Gasteiger partial charge is 0.170 e. The number of ether oxygens (including phenoxy) is 1. The summed E-state index contributed by atoms with van der Waals surface area (Å²) < 4.78 is 5.73. The molecule has 0 radical (unpaired) electrons. The highest BCUT2D eigenvalue weighted by Crippen LogP contribution is 2.35. The monoisotopic (exact) mass is 235 g/mol. The van der Waals surface area contributed by atoms with Crippen LogP contribution in [-0.2, 0) is 10.5 Å². The lowest BCUT2D eigenvalue weighted by Gasteiger charge is -2.33. The molecule has 0 aromatic heterocycles. The molecule has 94 valence electrons. The molecule has 1 aliphatic rings. The number of nitrogens with zero attached hydrogens (tertiary/aromatic N) is 1. The molecule has 0 spiro atoms. The Kier molecular flexibility index (Phi) is 3.82. The molecule has 3 heteroatoms. The third-order valence-corrected chi connectivity index (χ3v) is 3.44. The molecule has 1 aliphatic heterocycles. The first-order valence-corrected chi connectivity index (χ1v) is 6.33. The van der Waals surface area contributed by atoms with E-state index in [1.807, 2.05) is 25.1 Å². The van der Waals surface area contributed by atoms with E-state index >= 15 is 0 Å². The first kappa shape index (κ1) is 12.6. The number of aliphatic hydroxyl groups is 1. The van der Waals surface area contributed by atoms with Gasteiger partial charge in [-0.2, -0.15) is 0 Å². The Morgan fingerprint density at radius 3 is 2.76 bits per heavy atom. The molecular weight excluding hydrogens is 214 g/mol. The van der Waals surface area contributed by atoms with Crippen LogP contribution in [0.5, 0.6) is 0 Å². The number of hydrogen-bond donors (Lipinski definition) is 1. The molecule has 1 saturated heterocycles. The van der Waals surface area contributed by atoms with Crippen molar-refractivity contribution in [3.8, 4) is 0 Å². The SMILES string of the molecule is CCCCN1CC(O)OC1(C)c1ccccc1. The Balaban J connectivity index is 2.21. The second-order valence-electron chi connectivity index (χ2n) is 4.72. The maximum absolute atomic E-state index is 9.73. The summed E-state index contributed by atoms with van der Waals surface area (Å²) in [6.45, 7) is 5.76. The average Bonchev–Trinajstić information content (AvgIpc) is 2.64. The predicted octanol–water partition coefficient (Wildman–Crippen LogP) is 2.31. The summed E-state index contributed by atoms with van der Waals surface area (Å²) in [7, 11) is 0. The fraction of sp³-hybridized carbons (Fsp3) is 0.571. The Bertz CT molecular complexity index is 354.